The predicted molar refractivity (Wildman–Crippen MR) is 142 cm³/mol. The summed E-state index contributed by atoms with van der Waals surface area (Å²) >= 11 is 3.20. The second-order valence-electron chi connectivity index (χ2n) is 8.37. The Balaban J connectivity index is 1.74. The first-order valence-corrected chi connectivity index (χ1v) is 13.5. The summed E-state index contributed by atoms with van der Waals surface area (Å²) in [5.41, 5.74) is 1.05. The number of methoxy groups -OCH3 is 2. The molecule has 0 fully saturated rings. The van der Waals surface area contributed by atoms with Crippen LogP contribution in [0.5, 0.6) is 11.5 Å². The zero-order chi connectivity index (χ0) is 25.2. The lowest BCUT2D eigenvalue weighted by molar-refractivity contribution is -0.142. The highest BCUT2D eigenvalue weighted by molar-refractivity contribution is 7.10. The van der Waals surface area contributed by atoms with Gasteiger partial charge in [-0.1, -0.05) is 25.1 Å². The standard InChI is InChI=1S/C27H34N2O4S2/c1-5-20(2)29(26(30)17-22-8-6-14-34-22)19-27(31)28(18-23-9-7-15-35-23)13-12-21-10-11-24(32-3)25(16-21)33-4/h6-11,14-16,20H,5,12-13,17-19H2,1-4H3. The highest BCUT2D eigenvalue weighted by Gasteiger charge is 2.25. The van der Waals surface area contributed by atoms with Crippen molar-refractivity contribution in [2.24, 2.45) is 0 Å². The highest BCUT2D eigenvalue weighted by atomic mass is 32.1. The molecule has 2 amide bonds. The number of hydrogen-bond donors (Lipinski definition) is 0. The summed E-state index contributed by atoms with van der Waals surface area (Å²) in [5.74, 6) is 1.30. The van der Waals surface area contributed by atoms with E-state index in [0.717, 1.165) is 21.7 Å². The molecule has 0 radical (unpaired) electrons. The summed E-state index contributed by atoms with van der Waals surface area (Å²) < 4.78 is 10.8. The third-order valence-electron chi connectivity index (χ3n) is 6.05. The maximum Gasteiger partial charge on any atom is 0.242 e. The molecule has 0 N–H and O–H groups in total. The van der Waals surface area contributed by atoms with E-state index < -0.39 is 0 Å². The largest absolute Gasteiger partial charge is 0.493 e. The van der Waals surface area contributed by atoms with Gasteiger partial charge in [0.2, 0.25) is 11.8 Å². The van der Waals surface area contributed by atoms with Crippen molar-refractivity contribution in [3.63, 3.8) is 0 Å². The second kappa shape index (κ2) is 13.3. The third kappa shape index (κ3) is 7.57. The minimum atomic E-state index is -0.0429. The summed E-state index contributed by atoms with van der Waals surface area (Å²) in [6, 6.07) is 13.7. The SMILES string of the molecule is CCC(C)N(CC(=O)N(CCc1ccc(OC)c(OC)c1)Cc1cccs1)C(=O)Cc1cccs1. The molecule has 3 rings (SSSR count). The molecule has 8 heteroatoms. The van der Waals surface area contributed by atoms with Crippen molar-refractivity contribution in [3.05, 3.63) is 68.5 Å². The minimum Gasteiger partial charge on any atom is -0.493 e. The summed E-state index contributed by atoms with van der Waals surface area (Å²) in [5, 5.41) is 3.99. The van der Waals surface area contributed by atoms with Gasteiger partial charge in [0.25, 0.3) is 0 Å². The van der Waals surface area contributed by atoms with Gasteiger partial charge in [-0.25, -0.2) is 0 Å². The van der Waals surface area contributed by atoms with Crippen molar-refractivity contribution >= 4 is 34.5 Å². The molecule has 0 saturated carbocycles. The molecule has 1 aromatic carbocycles. The number of amides is 2. The molecular formula is C27H34N2O4S2. The molecule has 0 aliphatic carbocycles. The van der Waals surface area contributed by atoms with Crippen LogP contribution in [0.1, 0.15) is 35.6 Å². The average Bonchev–Trinajstić information content (AvgIpc) is 3.58. The fourth-order valence-electron chi connectivity index (χ4n) is 3.80. The van der Waals surface area contributed by atoms with Gasteiger partial charge in [0.1, 0.15) is 6.54 Å². The van der Waals surface area contributed by atoms with Crippen molar-refractivity contribution in [2.45, 2.75) is 45.7 Å². The lowest BCUT2D eigenvalue weighted by Gasteiger charge is -2.31. The maximum absolute atomic E-state index is 13.5. The van der Waals surface area contributed by atoms with Gasteiger partial charge in [-0.15, -0.1) is 22.7 Å². The van der Waals surface area contributed by atoms with Gasteiger partial charge in [-0.3, -0.25) is 9.59 Å². The Hall–Kier alpha value is -2.84. The topological polar surface area (TPSA) is 59.1 Å². The van der Waals surface area contributed by atoms with E-state index in [-0.39, 0.29) is 24.4 Å². The van der Waals surface area contributed by atoms with E-state index in [2.05, 4.69) is 0 Å². The second-order valence-corrected chi connectivity index (χ2v) is 10.4. The first kappa shape index (κ1) is 26.8. The summed E-state index contributed by atoms with van der Waals surface area (Å²) in [7, 11) is 3.23. The molecule has 188 valence electrons. The fourth-order valence-corrected chi connectivity index (χ4v) is 5.22. The van der Waals surface area contributed by atoms with Crippen LogP contribution in [0.15, 0.2) is 53.2 Å². The molecule has 0 bridgehead atoms. The molecular weight excluding hydrogens is 480 g/mol. The number of ether oxygens (including phenoxy) is 2. The van der Waals surface area contributed by atoms with Crippen molar-refractivity contribution in [2.75, 3.05) is 27.3 Å². The molecule has 1 unspecified atom stereocenters. The quantitative estimate of drug-likeness (QED) is 0.312. The Kier molecular flexibility index (Phi) is 10.2. The molecule has 3 aromatic rings. The number of carbonyl (C=O) groups excluding carboxylic acids is 2. The Morgan fingerprint density at radius 1 is 0.943 bits per heavy atom. The van der Waals surface area contributed by atoms with Crippen LogP contribution in [0.3, 0.4) is 0 Å². The molecule has 2 heterocycles. The lowest BCUT2D eigenvalue weighted by atomic mass is 10.1. The van der Waals surface area contributed by atoms with Crippen molar-refractivity contribution in [1.82, 2.24) is 9.80 Å². The molecule has 0 spiro atoms. The number of rotatable bonds is 13. The molecule has 0 saturated heterocycles. The van der Waals surface area contributed by atoms with E-state index in [1.165, 1.54) is 0 Å². The Bertz CT molecular complexity index is 1070. The van der Waals surface area contributed by atoms with Crippen LogP contribution in [0.2, 0.25) is 0 Å². The zero-order valence-corrected chi connectivity index (χ0v) is 22.5. The van der Waals surface area contributed by atoms with E-state index in [1.54, 1.807) is 41.8 Å². The fraction of sp³-hybridized carbons (Fsp3) is 0.407. The van der Waals surface area contributed by atoms with E-state index >= 15 is 0 Å². The summed E-state index contributed by atoms with van der Waals surface area (Å²) in [6.45, 7) is 5.20. The van der Waals surface area contributed by atoms with Crippen LogP contribution in [0.25, 0.3) is 0 Å². The summed E-state index contributed by atoms with van der Waals surface area (Å²) in [6.07, 6.45) is 1.79. The van der Waals surface area contributed by atoms with Crippen LogP contribution in [0, 0.1) is 0 Å². The van der Waals surface area contributed by atoms with Crippen LogP contribution in [-0.4, -0.2) is 55.0 Å². The number of nitrogens with zero attached hydrogens (tertiary/aromatic N) is 2. The van der Waals surface area contributed by atoms with Gasteiger partial charge in [0.15, 0.2) is 11.5 Å². The number of hydrogen-bond acceptors (Lipinski definition) is 6. The van der Waals surface area contributed by atoms with Crippen LogP contribution < -0.4 is 9.47 Å². The number of thiophene rings is 2. The zero-order valence-electron chi connectivity index (χ0n) is 20.9. The van der Waals surface area contributed by atoms with Crippen molar-refractivity contribution in [3.8, 4) is 11.5 Å². The van der Waals surface area contributed by atoms with Gasteiger partial charge in [-0.2, -0.15) is 0 Å². The molecule has 35 heavy (non-hydrogen) atoms. The highest BCUT2D eigenvalue weighted by Crippen LogP contribution is 2.28. The molecule has 0 aliphatic rings. The van der Waals surface area contributed by atoms with Crippen LogP contribution >= 0.6 is 22.7 Å². The lowest BCUT2D eigenvalue weighted by Crippen LogP contribution is -2.47. The van der Waals surface area contributed by atoms with Gasteiger partial charge in [0, 0.05) is 22.3 Å². The Morgan fingerprint density at radius 2 is 1.63 bits per heavy atom. The maximum atomic E-state index is 13.5. The third-order valence-corrected chi connectivity index (χ3v) is 7.79. The van der Waals surface area contributed by atoms with Gasteiger partial charge >= 0.3 is 0 Å². The number of carbonyl (C=O) groups is 2. The monoisotopic (exact) mass is 514 g/mol. The summed E-state index contributed by atoms with van der Waals surface area (Å²) in [4.78, 5) is 32.4. The molecule has 1 atom stereocenters. The first-order valence-electron chi connectivity index (χ1n) is 11.8. The molecule has 0 aliphatic heterocycles. The predicted octanol–water partition coefficient (Wildman–Crippen LogP) is 5.27. The smallest absolute Gasteiger partial charge is 0.242 e. The Labute approximate surface area is 216 Å². The van der Waals surface area contributed by atoms with E-state index in [0.29, 0.717) is 37.4 Å². The van der Waals surface area contributed by atoms with Gasteiger partial charge in [0.05, 0.1) is 27.2 Å². The molecule has 6 nitrogen and oxygen atoms in total. The first-order chi connectivity index (χ1) is 16.9. The van der Waals surface area contributed by atoms with Crippen LogP contribution in [0.4, 0.5) is 0 Å². The van der Waals surface area contributed by atoms with Gasteiger partial charge in [-0.05, 0) is 60.4 Å². The van der Waals surface area contributed by atoms with E-state index in [4.69, 9.17) is 9.47 Å². The average molecular weight is 515 g/mol. The minimum absolute atomic E-state index is 0.00823. The van der Waals surface area contributed by atoms with E-state index in [9.17, 15) is 9.59 Å². The van der Waals surface area contributed by atoms with Crippen molar-refractivity contribution in [1.29, 1.82) is 0 Å². The van der Waals surface area contributed by atoms with Crippen LogP contribution in [-0.2, 0) is 29.0 Å². The van der Waals surface area contributed by atoms with Gasteiger partial charge < -0.3 is 19.3 Å². The van der Waals surface area contributed by atoms with E-state index in [1.807, 2.05) is 72.0 Å². The normalized spacial score (nSPS) is 11.7. The Morgan fingerprint density at radius 3 is 2.23 bits per heavy atom. The number of benzene rings is 1. The molecule has 2 aromatic heterocycles. The van der Waals surface area contributed by atoms with Crippen molar-refractivity contribution < 1.29 is 19.1 Å².